The highest BCUT2D eigenvalue weighted by atomic mass is 16.6. The Balaban J connectivity index is 4.47. The quantitative estimate of drug-likeness (QED) is 0.0200. The minimum atomic E-state index is -0.796. The molecule has 0 aromatic carbocycles. The van der Waals surface area contributed by atoms with Gasteiger partial charge in [-0.3, -0.25) is 14.4 Å². The summed E-state index contributed by atoms with van der Waals surface area (Å²) in [5.41, 5.74) is 0. The van der Waals surface area contributed by atoms with Crippen molar-refractivity contribution in [2.45, 2.75) is 232 Å². The molecule has 0 fully saturated rings. The lowest BCUT2D eigenvalue weighted by Gasteiger charge is -2.18. The van der Waals surface area contributed by atoms with Gasteiger partial charge >= 0.3 is 17.9 Å². The smallest absolute Gasteiger partial charge is 0.306 e. The average Bonchev–Trinajstić information content (AvgIpc) is 3.26. The SMILES string of the molecule is CC\C=C/C=C\C=C/C=C\C=C/CCCCCC(=O)OCC(COC(=O)CCCCCCCCCCCCCCCC)OC(=O)CCCCCCCCC/C=C\C/C=C\CC. The average molecular weight is 849 g/mol. The van der Waals surface area contributed by atoms with Crippen LogP contribution in [0.4, 0.5) is 0 Å². The predicted molar refractivity (Wildman–Crippen MR) is 261 cm³/mol. The van der Waals surface area contributed by atoms with Crippen LogP contribution in [0.5, 0.6) is 0 Å². The second-order valence-electron chi connectivity index (χ2n) is 16.4. The van der Waals surface area contributed by atoms with Gasteiger partial charge in [0.2, 0.25) is 0 Å². The summed E-state index contributed by atoms with van der Waals surface area (Å²) in [7, 11) is 0. The Labute approximate surface area is 375 Å². The third-order valence-corrected chi connectivity index (χ3v) is 10.5. The topological polar surface area (TPSA) is 78.9 Å². The lowest BCUT2D eigenvalue weighted by molar-refractivity contribution is -0.167. The molecule has 1 atom stereocenters. The number of unbranched alkanes of at least 4 members (excludes halogenated alkanes) is 23. The van der Waals surface area contributed by atoms with E-state index in [1.165, 1.54) is 96.3 Å². The summed E-state index contributed by atoms with van der Waals surface area (Å²) >= 11 is 0. The minimum absolute atomic E-state index is 0.0926. The molecule has 0 saturated heterocycles. The summed E-state index contributed by atoms with van der Waals surface area (Å²) in [6.45, 7) is 6.34. The summed E-state index contributed by atoms with van der Waals surface area (Å²) in [5.74, 6) is -0.945. The number of esters is 3. The number of hydrogen-bond acceptors (Lipinski definition) is 6. The van der Waals surface area contributed by atoms with E-state index < -0.39 is 6.10 Å². The number of rotatable bonds is 44. The van der Waals surface area contributed by atoms with Gasteiger partial charge in [0, 0.05) is 19.3 Å². The monoisotopic (exact) mass is 849 g/mol. The largest absolute Gasteiger partial charge is 0.462 e. The summed E-state index contributed by atoms with van der Waals surface area (Å²) in [6.07, 6.45) is 62.8. The van der Waals surface area contributed by atoms with Crippen molar-refractivity contribution in [2.24, 2.45) is 0 Å². The van der Waals surface area contributed by atoms with E-state index in [1.54, 1.807) is 0 Å². The first-order chi connectivity index (χ1) is 30.0. The highest BCUT2D eigenvalue weighted by Crippen LogP contribution is 2.15. The number of hydrogen-bond donors (Lipinski definition) is 0. The summed E-state index contributed by atoms with van der Waals surface area (Å²) in [4.78, 5) is 37.9. The predicted octanol–water partition coefficient (Wildman–Crippen LogP) is 16.4. The summed E-state index contributed by atoms with van der Waals surface area (Å²) < 4.78 is 16.7. The first-order valence-electron chi connectivity index (χ1n) is 25.2. The summed E-state index contributed by atoms with van der Waals surface area (Å²) in [5, 5.41) is 0. The molecule has 0 bridgehead atoms. The van der Waals surface area contributed by atoms with Gasteiger partial charge in [-0.2, -0.15) is 0 Å². The van der Waals surface area contributed by atoms with Crippen molar-refractivity contribution in [1.29, 1.82) is 0 Å². The van der Waals surface area contributed by atoms with Crippen LogP contribution >= 0.6 is 0 Å². The Hall–Kier alpha value is -3.41. The Morgan fingerprint density at radius 1 is 0.361 bits per heavy atom. The maximum atomic E-state index is 12.8. The zero-order chi connectivity index (χ0) is 44.4. The van der Waals surface area contributed by atoms with Crippen molar-refractivity contribution in [2.75, 3.05) is 13.2 Å². The van der Waals surface area contributed by atoms with E-state index in [0.29, 0.717) is 19.3 Å². The molecule has 0 N–H and O–H groups in total. The van der Waals surface area contributed by atoms with E-state index in [4.69, 9.17) is 14.2 Å². The van der Waals surface area contributed by atoms with Crippen LogP contribution in [0, 0.1) is 0 Å². The Morgan fingerprint density at radius 2 is 0.721 bits per heavy atom. The molecule has 0 spiro atoms. The van der Waals surface area contributed by atoms with Crippen LogP contribution in [-0.2, 0) is 28.6 Å². The van der Waals surface area contributed by atoms with Gasteiger partial charge in [-0.1, -0.05) is 228 Å². The minimum Gasteiger partial charge on any atom is -0.462 e. The molecular weight excluding hydrogens is 757 g/mol. The van der Waals surface area contributed by atoms with Gasteiger partial charge in [0.15, 0.2) is 6.10 Å². The molecular formula is C55H92O6. The molecule has 0 aliphatic carbocycles. The number of carbonyl (C=O) groups is 3. The van der Waals surface area contributed by atoms with E-state index in [0.717, 1.165) is 89.9 Å². The van der Waals surface area contributed by atoms with Gasteiger partial charge in [0.05, 0.1) is 0 Å². The van der Waals surface area contributed by atoms with Gasteiger partial charge in [-0.15, -0.1) is 0 Å². The van der Waals surface area contributed by atoms with E-state index in [-0.39, 0.29) is 31.1 Å². The van der Waals surface area contributed by atoms with Gasteiger partial charge in [-0.05, 0) is 64.2 Å². The zero-order valence-corrected chi connectivity index (χ0v) is 39.7. The van der Waals surface area contributed by atoms with Crippen LogP contribution in [0.1, 0.15) is 226 Å². The van der Waals surface area contributed by atoms with Crippen molar-refractivity contribution in [3.63, 3.8) is 0 Å². The van der Waals surface area contributed by atoms with Crippen LogP contribution in [-0.4, -0.2) is 37.2 Å². The second kappa shape index (κ2) is 49.2. The molecule has 0 aliphatic heterocycles. The highest BCUT2D eigenvalue weighted by Gasteiger charge is 2.19. The van der Waals surface area contributed by atoms with Gasteiger partial charge in [0.1, 0.15) is 13.2 Å². The van der Waals surface area contributed by atoms with Crippen molar-refractivity contribution in [1.82, 2.24) is 0 Å². The molecule has 0 aromatic heterocycles. The third-order valence-electron chi connectivity index (χ3n) is 10.5. The molecule has 0 aromatic rings. The van der Waals surface area contributed by atoms with Gasteiger partial charge in [-0.25, -0.2) is 0 Å². The van der Waals surface area contributed by atoms with E-state index in [2.05, 4.69) is 57.2 Å². The van der Waals surface area contributed by atoms with Crippen molar-refractivity contribution < 1.29 is 28.6 Å². The molecule has 0 rings (SSSR count). The maximum absolute atomic E-state index is 12.8. The fourth-order valence-corrected chi connectivity index (χ4v) is 6.79. The lowest BCUT2D eigenvalue weighted by Crippen LogP contribution is -2.30. The van der Waals surface area contributed by atoms with Gasteiger partial charge in [0.25, 0.3) is 0 Å². The van der Waals surface area contributed by atoms with E-state index in [1.807, 2.05) is 48.6 Å². The molecule has 0 aliphatic rings. The fourth-order valence-electron chi connectivity index (χ4n) is 6.79. The van der Waals surface area contributed by atoms with Crippen molar-refractivity contribution >= 4 is 17.9 Å². The van der Waals surface area contributed by atoms with E-state index in [9.17, 15) is 14.4 Å². The Morgan fingerprint density at radius 3 is 1.20 bits per heavy atom. The first-order valence-corrected chi connectivity index (χ1v) is 25.2. The molecule has 0 radical (unpaired) electrons. The fraction of sp³-hybridized carbons (Fsp3) is 0.691. The van der Waals surface area contributed by atoms with Crippen LogP contribution in [0.3, 0.4) is 0 Å². The lowest BCUT2D eigenvalue weighted by atomic mass is 10.0. The Kier molecular flexibility index (Phi) is 46.5. The van der Waals surface area contributed by atoms with E-state index >= 15 is 0 Å². The molecule has 1 unspecified atom stereocenters. The third kappa shape index (κ3) is 47.5. The standard InChI is InChI=1S/C55H92O6/c1-4-7-10-13-16-19-22-25-28-31-33-36-39-42-45-48-54(57)60-51-52(61-55(58)49-46-43-40-37-34-30-27-24-21-18-15-12-9-6-3)50-59-53(56)47-44-41-38-35-32-29-26-23-20-17-14-11-8-5-2/h7,9-10,12-13,16,18-19,21-22,25,28,31,33,52H,4-6,8,11,14-15,17,20,23-24,26-27,29-30,32,34-51H2,1-3H3/b10-7-,12-9-,16-13-,21-18-,22-19-,28-25-,33-31-. The van der Waals surface area contributed by atoms with Crippen LogP contribution in [0.2, 0.25) is 0 Å². The zero-order valence-electron chi connectivity index (χ0n) is 39.7. The molecule has 61 heavy (non-hydrogen) atoms. The Bertz CT molecular complexity index is 1200. The van der Waals surface area contributed by atoms with Crippen LogP contribution < -0.4 is 0 Å². The first kappa shape index (κ1) is 57.6. The number of carbonyl (C=O) groups excluding carboxylic acids is 3. The molecule has 348 valence electrons. The molecule has 6 nitrogen and oxygen atoms in total. The summed E-state index contributed by atoms with van der Waals surface area (Å²) in [6, 6.07) is 0. The normalized spacial score (nSPS) is 12.8. The molecule has 0 amide bonds. The number of ether oxygens (including phenoxy) is 3. The van der Waals surface area contributed by atoms with Gasteiger partial charge < -0.3 is 14.2 Å². The molecule has 0 heterocycles. The van der Waals surface area contributed by atoms with Crippen molar-refractivity contribution in [3.05, 3.63) is 85.1 Å². The second-order valence-corrected chi connectivity index (χ2v) is 16.4. The van der Waals surface area contributed by atoms with Crippen molar-refractivity contribution in [3.8, 4) is 0 Å². The highest BCUT2D eigenvalue weighted by molar-refractivity contribution is 5.71. The maximum Gasteiger partial charge on any atom is 0.306 e. The van der Waals surface area contributed by atoms with Crippen LogP contribution in [0.15, 0.2) is 85.1 Å². The molecule has 6 heteroatoms. The molecule has 0 saturated carbocycles. The number of allylic oxidation sites excluding steroid dienone is 14. The van der Waals surface area contributed by atoms with Crippen LogP contribution in [0.25, 0.3) is 0 Å².